The molecule has 0 saturated carbocycles. The van der Waals surface area contributed by atoms with Gasteiger partial charge in [0.2, 0.25) is 0 Å². The van der Waals surface area contributed by atoms with Gasteiger partial charge in [-0.15, -0.1) is 0 Å². The summed E-state index contributed by atoms with van der Waals surface area (Å²) in [6.07, 6.45) is 1.61. The number of ether oxygens (including phenoxy) is 1. The van der Waals surface area contributed by atoms with Crippen molar-refractivity contribution in [3.8, 4) is 11.8 Å². The van der Waals surface area contributed by atoms with Crippen molar-refractivity contribution in [2.45, 2.75) is 6.92 Å². The molecule has 2 aromatic rings. The summed E-state index contributed by atoms with van der Waals surface area (Å²) in [5, 5.41) is 12.3. The second-order valence-electron chi connectivity index (χ2n) is 3.84. The van der Waals surface area contributed by atoms with Crippen LogP contribution in [-0.4, -0.2) is 12.1 Å². The van der Waals surface area contributed by atoms with E-state index in [-0.39, 0.29) is 0 Å². The molecular weight excluding hydrogens is 226 g/mol. The number of aryl methyl sites for hydroxylation is 1. The van der Waals surface area contributed by atoms with Crippen molar-refractivity contribution in [2.75, 3.05) is 12.4 Å². The van der Waals surface area contributed by atoms with E-state index in [1.165, 1.54) is 12.7 Å². The Bertz CT molecular complexity index is 585. The van der Waals surface area contributed by atoms with Gasteiger partial charge in [-0.2, -0.15) is 5.26 Å². The van der Waals surface area contributed by atoms with Crippen LogP contribution in [-0.2, 0) is 0 Å². The number of nitrogens with zero attached hydrogens (tertiary/aromatic N) is 2. The van der Waals surface area contributed by atoms with E-state index in [1.54, 1.807) is 12.3 Å². The Hall–Kier alpha value is -2.54. The lowest BCUT2D eigenvalue weighted by Crippen LogP contribution is -1.99. The standard InChI is InChI=1S/C14H13N3O/c1-10-3-5-11(6-4-10)17-14-12(9-15)13(18-2)7-8-16-14/h3-8H,1-2H3,(H,16,17). The van der Waals surface area contributed by atoms with Crippen molar-refractivity contribution >= 4 is 11.5 Å². The van der Waals surface area contributed by atoms with Crippen LogP contribution in [0.15, 0.2) is 36.5 Å². The number of anilines is 2. The molecule has 0 aliphatic heterocycles. The number of pyridine rings is 1. The molecule has 0 radical (unpaired) electrons. The molecule has 2 rings (SSSR count). The van der Waals surface area contributed by atoms with Gasteiger partial charge in [0, 0.05) is 11.9 Å². The number of methoxy groups -OCH3 is 1. The van der Waals surface area contributed by atoms with Crippen LogP contribution in [0.2, 0.25) is 0 Å². The Kier molecular flexibility index (Phi) is 3.44. The minimum Gasteiger partial charge on any atom is -0.495 e. The fourth-order valence-electron chi connectivity index (χ4n) is 1.59. The van der Waals surface area contributed by atoms with E-state index in [0.29, 0.717) is 17.1 Å². The molecule has 0 unspecified atom stereocenters. The lowest BCUT2D eigenvalue weighted by molar-refractivity contribution is 0.413. The SMILES string of the molecule is COc1ccnc(Nc2ccc(C)cc2)c1C#N. The smallest absolute Gasteiger partial charge is 0.152 e. The summed E-state index contributed by atoms with van der Waals surface area (Å²) >= 11 is 0. The molecular formula is C14H13N3O. The van der Waals surface area contributed by atoms with Gasteiger partial charge in [0.05, 0.1) is 7.11 Å². The molecule has 1 N–H and O–H groups in total. The quantitative estimate of drug-likeness (QED) is 0.894. The normalized spacial score (nSPS) is 9.61. The molecule has 4 nitrogen and oxygen atoms in total. The minimum atomic E-state index is 0.403. The first kappa shape index (κ1) is 11.9. The van der Waals surface area contributed by atoms with Crippen molar-refractivity contribution in [1.29, 1.82) is 5.26 Å². The molecule has 0 bridgehead atoms. The van der Waals surface area contributed by atoms with E-state index in [9.17, 15) is 0 Å². The molecule has 1 aromatic heterocycles. The molecule has 18 heavy (non-hydrogen) atoms. The van der Waals surface area contributed by atoms with E-state index >= 15 is 0 Å². The van der Waals surface area contributed by atoms with E-state index < -0.39 is 0 Å². The van der Waals surface area contributed by atoms with Gasteiger partial charge in [-0.3, -0.25) is 0 Å². The minimum absolute atomic E-state index is 0.403. The second kappa shape index (κ2) is 5.19. The third kappa shape index (κ3) is 2.41. The van der Waals surface area contributed by atoms with Crippen molar-refractivity contribution < 1.29 is 4.74 Å². The van der Waals surface area contributed by atoms with Gasteiger partial charge in [-0.1, -0.05) is 17.7 Å². The summed E-state index contributed by atoms with van der Waals surface area (Å²) in [4.78, 5) is 4.16. The first-order valence-corrected chi connectivity index (χ1v) is 5.51. The van der Waals surface area contributed by atoms with Crippen LogP contribution in [0, 0.1) is 18.3 Å². The Labute approximate surface area is 106 Å². The highest BCUT2D eigenvalue weighted by molar-refractivity contribution is 5.66. The van der Waals surface area contributed by atoms with Gasteiger partial charge in [0.15, 0.2) is 5.82 Å². The maximum Gasteiger partial charge on any atom is 0.152 e. The van der Waals surface area contributed by atoms with Crippen LogP contribution in [0.4, 0.5) is 11.5 Å². The molecule has 1 heterocycles. The number of benzene rings is 1. The fraction of sp³-hybridized carbons (Fsp3) is 0.143. The van der Waals surface area contributed by atoms with Gasteiger partial charge in [-0.25, -0.2) is 4.98 Å². The van der Waals surface area contributed by atoms with Crippen molar-refractivity contribution in [3.05, 3.63) is 47.7 Å². The predicted molar refractivity (Wildman–Crippen MR) is 70.0 cm³/mol. The van der Waals surface area contributed by atoms with Gasteiger partial charge < -0.3 is 10.1 Å². The summed E-state index contributed by atoms with van der Waals surface area (Å²) < 4.78 is 5.13. The number of aromatic nitrogens is 1. The largest absolute Gasteiger partial charge is 0.495 e. The van der Waals surface area contributed by atoms with Crippen LogP contribution < -0.4 is 10.1 Å². The lowest BCUT2D eigenvalue weighted by atomic mass is 10.2. The van der Waals surface area contributed by atoms with Gasteiger partial charge in [0.1, 0.15) is 17.4 Å². The number of nitriles is 1. The lowest BCUT2D eigenvalue weighted by Gasteiger charge is -2.09. The summed E-state index contributed by atoms with van der Waals surface area (Å²) in [7, 11) is 1.53. The topological polar surface area (TPSA) is 57.9 Å². The van der Waals surface area contributed by atoms with E-state index in [4.69, 9.17) is 10.00 Å². The van der Waals surface area contributed by atoms with Crippen molar-refractivity contribution in [3.63, 3.8) is 0 Å². The summed E-state index contributed by atoms with van der Waals surface area (Å²) in [6, 6.07) is 11.6. The van der Waals surface area contributed by atoms with Crippen LogP contribution >= 0.6 is 0 Å². The molecule has 0 aliphatic rings. The molecule has 0 atom stereocenters. The van der Waals surface area contributed by atoms with Gasteiger partial charge >= 0.3 is 0 Å². The number of rotatable bonds is 3. The maximum atomic E-state index is 9.14. The second-order valence-corrected chi connectivity index (χ2v) is 3.84. The highest BCUT2D eigenvalue weighted by Gasteiger charge is 2.09. The molecule has 90 valence electrons. The van der Waals surface area contributed by atoms with Crippen LogP contribution in [0.25, 0.3) is 0 Å². The zero-order valence-corrected chi connectivity index (χ0v) is 10.3. The van der Waals surface area contributed by atoms with Gasteiger partial charge in [0.25, 0.3) is 0 Å². The third-order valence-electron chi connectivity index (χ3n) is 2.56. The Morgan fingerprint density at radius 1 is 1.22 bits per heavy atom. The highest BCUT2D eigenvalue weighted by Crippen LogP contribution is 2.25. The molecule has 0 fully saturated rings. The maximum absolute atomic E-state index is 9.14. The summed E-state index contributed by atoms with van der Waals surface area (Å²) in [5.74, 6) is 1.02. The Morgan fingerprint density at radius 2 is 1.94 bits per heavy atom. The Morgan fingerprint density at radius 3 is 2.56 bits per heavy atom. The number of hydrogen-bond donors (Lipinski definition) is 1. The van der Waals surface area contributed by atoms with Gasteiger partial charge in [-0.05, 0) is 25.1 Å². The van der Waals surface area contributed by atoms with Crippen molar-refractivity contribution in [2.24, 2.45) is 0 Å². The number of nitrogens with one attached hydrogen (secondary N) is 1. The molecule has 0 saturated heterocycles. The fourth-order valence-corrected chi connectivity index (χ4v) is 1.59. The Balaban J connectivity index is 2.35. The van der Waals surface area contributed by atoms with E-state index in [2.05, 4.69) is 16.4 Å². The molecule has 0 aliphatic carbocycles. The van der Waals surface area contributed by atoms with Crippen LogP contribution in [0.5, 0.6) is 5.75 Å². The predicted octanol–water partition coefficient (Wildman–Crippen LogP) is 3.01. The van der Waals surface area contributed by atoms with E-state index in [1.807, 2.05) is 31.2 Å². The average Bonchev–Trinajstić information content (AvgIpc) is 2.41. The molecule has 1 aromatic carbocycles. The summed E-state index contributed by atoms with van der Waals surface area (Å²) in [6.45, 7) is 2.02. The third-order valence-corrected chi connectivity index (χ3v) is 2.56. The first-order valence-electron chi connectivity index (χ1n) is 5.51. The summed E-state index contributed by atoms with van der Waals surface area (Å²) in [5.41, 5.74) is 2.47. The first-order chi connectivity index (χ1) is 8.74. The zero-order chi connectivity index (χ0) is 13.0. The number of hydrogen-bond acceptors (Lipinski definition) is 4. The monoisotopic (exact) mass is 239 g/mol. The van der Waals surface area contributed by atoms with E-state index in [0.717, 1.165) is 5.69 Å². The van der Waals surface area contributed by atoms with Crippen molar-refractivity contribution in [1.82, 2.24) is 4.98 Å². The molecule has 0 spiro atoms. The van der Waals surface area contributed by atoms with Crippen LogP contribution in [0.1, 0.15) is 11.1 Å². The molecule has 4 heteroatoms. The average molecular weight is 239 g/mol. The highest BCUT2D eigenvalue weighted by atomic mass is 16.5. The van der Waals surface area contributed by atoms with Crippen LogP contribution in [0.3, 0.4) is 0 Å². The zero-order valence-electron chi connectivity index (χ0n) is 10.3. The molecule has 0 amide bonds.